The molecule has 1 fully saturated rings. The Morgan fingerprint density at radius 1 is 1.39 bits per heavy atom. The Kier molecular flexibility index (Phi) is 7.32. The van der Waals surface area contributed by atoms with Gasteiger partial charge >= 0.3 is 0 Å². The SMILES string of the molecule is CCNC(=NCc1cccs1)NCCS(=O)(=O)NCC1CCC1. The Balaban J connectivity index is 1.72. The molecule has 130 valence electrons. The molecule has 1 aliphatic rings. The van der Waals surface area contributed by atoms with Crippen LogP contribution in [-0.4, -0.2) is 39.8 Å². The number of aliphatic imine (C=N–C) groups is 1. The fourth-order valence-corrected chi connectivity index (χ4v) is 3.85. The molecule has 0 spiro atoms. The fourth-order valence-electron chi connectivity index (χ4n) is 2.22. The topological polar surface area (TPSA) is 82.6 Å². The van der Waals surface area contributed by atoms with Crippen LogP contribution < -0.4 is 15.4 Å². The standard InChI is InChI=1S/C15H26N4O2S2/c1-2-16-15(18-12-14-7-4-9-22-14)17-8-10-23(20,21)19-11-13-5-3-6-13/h4,7,9,13,19H,2-3,5-6,8,10-12H2,1H3,(H2,16,17,18). The van der Waals surface area contributed by atoms with Gasteiger partial charge in [0, 0.05) is 24.5 Å². The predicted molar refractivity (Wildman–Crippen MR) is 96.3 cm³/mol. The molecule has 8 heteroatoms. The number of guanidine groups is 1. The molecular formula is C15H26N4O2S2. The summed E-state index contributed by atoms with van der Waals surface area (Å²) in [5.74, 6) is 1.24. The first-order valence-electron chi connectivity index (χ1n) is 8.11. The van der Waals surface area contributed by atoms with Crippen LogP contribution >= 0.6 is 11.3 Å². The Hall–Kier alpha value is -1.12. The molecule has 0 unspecified atom stereocenters. The molecule has 1 heterocycles. The molecule has 0 aliphatic heterocycles. The van der Waals surface area contributed by atoms with E-state index in [-0.39, 0.29) is 5.75 Å². The molecule has 0 amide bonds. The van der Waals surface area contributed by atoms with Crippen LogP contribution in [0.4, 0.5) is 0 Å². The number of nitrogens with zero attached hydrogens (tertiary/aromatic N) is 1. The maximum Gasteiger partial charge on any atom is 0.213 e. The van der Waals surface area contributed by atoms with Gasteiger partial charge in [-0.05, 0) is 37.1 Å². The predicted octanol–water partition coefficient (Wildman–Crippen LogP) is 1.52. The molecule has 1 saturated carbocycles. The van der Waals surface area contributed by atoms with E-state index in [1.807, 2.05) is 24.4 Å². The third-order valence-corrected chi connectivity index (χ3v) is 6.01. The Bertz CT molecular complexity index is 581. The largest absolute Gasteiger partial charge is 0.357 e. The van der Waals surface area contributed by atoms with Crippen LogP contribution in [0.2, 0.25) is 0 Å². The average molecular weight is 359 g/mol. The molecule has 1 aromatic heterocycles. The van der Waals surface area contributed by atoms with Crippen LogP contribution in [0.15, 0.2) is 22.5 Å². The van der Waals surface area contributed by atoms with E-state index >= 15 is 0 Å². The van der Waals surface area contributed by atoms with E-state index in [0.29, 0.717) is 31.5 Å². The van der Waals surface area contributed by atoms with Gasteiger partial charge in [0.05, 0.1) is 12.3 Å². The lowest BCUT2D eigenvalue weighted by molar-refractivity contribution is 0.316. The van der Waals surface area contributed by atoms with E-state index in [9.17, 15) is 8.42 Å². The molecule has 3 N–H and O–H groups in total. The van der Waals surface area contributed by atoms with Crippen LogP contribution in [0.5, 0.6) is 0 Å². The first kappa shape index (κ1) is 18.2. The molecular weight excluding hydrogens is 332 g/mol. The van der Waals surface area contributed by atoms with Crippen LogP contribution in [-0.2, 0) is 16.6 Å². The molecule has 0 bridgehead atoms. The molecule has 2 rings (SSSR count). The van der Waals surface area contributed by atoms with Gasteiger partial charge in [-0.3, -0.25) is 0 Å². The fraction of sp³-hybridized carbons (Fsp3) is 0.667. The Morgan fingerprint density at radius 3 is 2.83 bits per heavy atom. The van der Waals surface area contributed by atoms with Gasteiger partial charge in [0.1, 0.15) is 0 Å². The highest BCUT2D eigenvalue weighted by Crippen LogP contribution is 2.25. The van der Waals surface area contributed by atoms with E-state index in [1.165, 1.54) is 11.3 Å². The van der Waals surface area contributed by atoms with E-state index in [2.05, 4.69) is 20.3 Å². The van der Waals surface area contributed by atoms with Crippen molar-refractivity contribution in [1.29, 1.82) is 0 Å². The van der Waals surface area contributed by atoms with Crippen molar-refractivity contribution >= 4 is 27.3 Å². The smallest absolute Gasteiger partial charge is 0.213 e. The highest BCUT2D eigenvalue weighted by Gasteiger charge is 2.19. The summed E-state index contributed by atoms with van der Waals surface area (Å²) >= 11 is 1.66. The van der Waals surface area contributed by atoms with Crippen molar-refractivity contribution in [2.75, 3.05) is 25.4 Å². The molecule has 6 nitrogen and oxygen atoms in total. The highest BCUT2D eigenvalue weighted by molar-refractivity contribution is 7.89. The normalized spacial score (nSPS) is 16.1. The van der Waals surface area contributed by atoms with Crippen LogP contribution in [0, 0.1) is 5.92 Å². The van der Waals surface area contributed by atoms with Crippen LogP contribution in [0.3, 0.4) is 0 Å². The highest BCUT2D eigenvalue weighted by atomic mass is 32.2. The van der Waals surface area contributed by atoms with Gasteiger partial charge in [-0.15, -0.1) is 11.3 Å². The lowest BCUT2D eigenvalue weighted by atomic mass is 9.86. The molecule has 1 aliphatic carbocycles. The van der Waals surface area contributed by atoms with Crippen molar-refractivity contribution in [3.05, 3.63) is 22.4 Å². The first-order valence-corrected chi connectivity index (χ1v) is 10.6. The van der Waals surface area contributed by atoms with Gasteiger partial charge < -0.3 is 10.6 Å². The maximum atomic E-state index is 11.9. The van der Waals surface area contributed by atoms with E-state index in [1.54, 1.807) is 11.3 Å². The number of rotatable bonds is 9. The van der Waals surface area contributed by atoms with Gasteiger partial charge in [0.25, 0.3) is 0 Å². The molecule has 0 radical (unpaired) electrons. The quantitative estimate of drug-likeness (QED) is 0.462. The zero-order chi connectivity index (χ0) is 16.5. The summed E-state index contributed by atoms with van der Waals surface area (Å²) < 4.78 is 26.6. The third kappa shape index (κ3) is 6.88. The van der Waals surface area contributed by atoms with Gasteiger partial charge in [0.15, 0.2) is 5.96 Å². The van der Waals surface area contributed by atoms with Crippen LogP contribution in [0.1, 0.15) is 31.1 Å². The van der Waals surface area contributed by atoms with E-state index in [0.717, 1.165) is 19.4 Å². The minimum atomic E-state index is -3.21. The van der Waals surface area contributed by atoms with Crippen molar-refractivity contribution in [1.82, 2.24) is 15.4 Å². The molecule has 0 aromatic carbocycles. The summed E-state index contributed by atoms with van der Waals surface area (Å²) in [6, 6.07) is 4.03. The molecule has 0 atom stereocenters. The van der Waals surface area contributed by atoms with Crippen molar-refractivity contribution < 1.29 is 8.42 Å². The maximum absolute atomic E-state index is 11.9. The van der Waals surface area contributed by atoms with E-state index < -0.39 is 10.0 Å². The number of thiophene rings is 1. The second kappa shape index (κ2) is 9.24. The summed E-state index contributed by atoms with van der Waals surface area (Å²) in [6.45, 7) is 4.24. The summed E-state index contributed by atoms with van der Waals surface area (Å²) in [4.78, 5) is 5.64. The minimum absolute atomic E-state index is 0.0587. The van der Waals surface area contributed by atoms with Crippen LogP contribution in [0.25, 0.3) is 0 Å². The zero-order valence-corrected chi connectivity index (χ0v) is 15.2. The van der Waals surface area contributed by atoms with Crippen molar-refractivity contribution in [2.24, 2.45) is 10.9 Å². The second-order valence-electron chi connectivity index (χ2n) is 5.67. The summed E-state index contributed by atoms with van der Waals surface area (Å²) in [7, 11) is -3.21. The average Bonchev–Trinajstić information content (AvgIpc) is 2.96. The zero-order valence-electron chi connectivity index (χ0n) is 13.5. The number of sulfonamides is 1. The Morgan fingerprint density at radius 2 is 2.22 bits per heavy atom. The monoisotopic (exact) mass is 358 g/mol. The molecule has 0 saturated heterocycles. The molecule has 23 heavy (non-hydrogen) atoms. The molecule has 1 aromatic rings. The van der Waals surface area contributed by atoms with Crippen molar-refractivity contribution in [3.8, 4) is 0 Å². The summed E-state index contributed by atoms with van der Waals surface area (Å²) in [5.41, 5.74) is 0. The van der Waals surface area contributed by atoms with Crippen molar-refractivity contribution in [3.63, 3.8) is 0 Å². The van der Waals surface area contributed by atoms with Gasteiger partial charge in [0.2, 0.25) is 10.0 Å². The van der Waals surface area contributed by atoms with Gasteiger partial charge in [-0.25, -0.2) is 18.1 Å². The third-order valence-electron chi connectivity index (χ3n) is 3.80. The minimum Gasteiger partial charge on any atom is -0.357 e. The van der Waals surface area contributed by atoms with Gasteiger partial charge in [-0.2, -0.15) is 0 Å². The van der Waals surface area contributed by atoms with Crippen molar-refractivity contribution in [2.45, 2.75) is 32.7 Å². The lowest BCUT2D eigenvalue weighted by Gasteiger charge is -2.25. The summed E-state index contributed by atoms with van der Waals surface area (Å²) in [5, 5.41) is 8.23. The second-order valence-corrected chi connectivity index (χ2v) is 8.62. The number of hydrogen-bond donors (Lipinski definition) is 3. The first-order chi connectivity index (χ1) is 11.1. The van der Waals surface area contributed by atoms with Gasteiger partial charge in [-0.1, -0.05) is 12.5 Å². The lowest BCUT2D eigenvalue weighted by Crippen LogP contribution is -2.42. The number of hydrogen-bond acceptors (Lipinski definition) is 4. The van der Waals surface area contributed by atoms with E-state index in [4.69, 9.17) is 0 Å². The Labute approximate surface area is 142 Å². The number of nitrogens with one attached hydrogen (secondary N) is 3. The summed E-state index contributed by atoms with van der Waals surface area (Å²) in [6.07, 6.45) is 3.50.